The van der Waals surface area contributed by atoms with Crippen molar-refractivity contribution < 1.29 is 9.84 Å². The topological polar surface area (TPSA) is 42.4 Å². The minimum Gasteiger partial charge on any atom is -0.455 e. The van der Waals surface area contributed by atoms with Crippen molar-refractivity contribution in [2.45, 2.75) is 12.7 Å². The van der Waals surface area contributed by atoms with Crippen molar-refractivity contribution in [3.8, 4) is 11.5 Å². The summed E-state index contributed by atoms with van der Waals surface area (Å²) >= 11 is 1.81. The highest BCUT2D eigenvalue weighted by atomic mass is 32.2. The SMILES string of the molecule is CC(CO)CSCc1ccccc1Oc1cccnc1. The summed E-state index contributed by atoms with van der Waals surface area (Å²) in [6, 6.07) is 11.8. The number of aliphatic hydroxyl groups is 1. The van der Waals surface area contributed by atoms with Crippen LogP contribution in [0.5, 0.6) is 11.5 Å². The molecule has 1 atom stereocenters. The van der Waals surface area contributed by atoms with Crippen LogP contribution >= 0.6 is 11.8 Å². The minimum absolute atomic E-state index is 0.237. The summed E-state index contributed by atoms with van der Waals surface area (Å²) in [5.41, 5.74) is 1.16. The molecule has 0 saturated heterocycles. The zero-order chi connectivity index (χ0) is 14.2. The molecule has 106 valence electrons. The summed E-state index contributed by atoms with van der Waals surface area (Å²) in [5, 5.41) is 9.04. The molecule has 3 nitrogen and oxygen atoms in total. The van der Waals surface area contributed by atoms with Crippen LogP contribution in [0.1, 0.15) is 12.5 Å². The van der Waals surface area contributed by atoms with Gasteiger partial charge in [-0.2, -0.15) is 11.8 Å². The Hall–Kier alpha value is -1.52. The van der Waals surface area contributed by atoms with E-state index < -0.39 is 0 Å². The lowest BCUT2D eigenvalue weighted by Gasteiger charge is -2.12. The average Bonchev–Trinajstić information content (AvgIpc) is 2.50. The van der Waals surface area contributed by atoms with Gasteiger partial charge in [0.2, 0.25) is 0 Å². The molecule has 1 aromatic carbocycles. The number of hydrogen-bond donors (Lipinski definition) is 1. The Balaban J connectivity index is 1.99. The van der Waals surface area contributed by atoms with E-state index in [-0.39, 0.29) is 6.61 Å². The summed E-state index contributed by atoms with van der Waals surface area (Å²) in [6.45, 7) is 2.28. The molecule has 1 aromatic heterocycles. The van der Waals surface area contributed by atoms with E-state index in [0.29, 0.717) is 5.92 Å². The maximum absolute atomic E-state index is 9.04. The lowest BCUT2D eigenvalue weighted by molar-refractivity contribution is 0.250. The van der Waals surface area contributed by atoms with Gasteiger partial charge in [0.1, 0.15) is 11.5 Å². The van der Waals surface area contributed by atoms with E-state index in [0.717, 1.165) is 28.6 Å². The fraction of sp³-hybridized carbons (Fsp3) is 0.312. The van der Waals surface area contributed by atoms with Crippen LogP contribution in [-0.4, -0.2) is 22.5 Å². The number of ether oxygens (including phenoxy) is 1. The first-order chi connectivity index (χ1) is 9.79. The molecule has 20 heavy (non-hydrogen) atoms. The molecule has 4 heteroatoms. The van der Waals surface area contributed by atoms with Crippen molar-refractivity contribution in [3.05, 3.63) is 54.4 Å². The summed E-state index contributed by atoms with van der Waals surface area (Å²) < 4.78 is 5.87. The second kappa shape index (κ2) is 7.92. The van der Waals surface area contributed by atoms with Gasteiger partial charge < -0.3 is 9.84 Å². The lowest BCUT2D eigenvalue weighted by Crippen LogP contribution is -2.03. The van der Waals surface area contributed by atoms with Crippen molar-refractivity contribution in [1.29, 1.82) is 0 Å². The number of aromatic nitrogens is 1. The summed E-state index contributed by atoms with van der Waals surface area (Å²) in [4.78, 5) is 4.05. The second-order valence-electron chi connectivity index (χ2n) is 4.70. The molecule has 2 rings (SSSR count). The molecule has 1 N–H and O–H groups in total. The molecule has 2 aromatic rings. The van der Waals surface area contributed by atoms with Crippen LogP contribution in [0.3, 0.4) is 0 Å². The van der Waals surface area contributed by atoms with Crippen LogP contribution < -0.4 is 4.74 Å². The second-order valence-corrected chi connectivity index (χ2v) is 5.73. The third kappa shape index (κ3) is 4.54. The van der Waals surface area contributed by atoms with Gasteiger partial charge >= 0.3 is 0 Å². The van der Waals surface area contributed by atoms with Crippen LogP contribution in [0.15, 0.2) is 48.8 Å². The van der Waals surface area contributed by atoms with Gasteiger partial charge in [0.15, 0.2) is 0 Å². The number of rotatable bonds is 7. The van der Waals surface area contributed by atoms with Gasteiger partial charge in [0.05, 0.1) is 6.20 Å². The molecule has 0 aliphatic rings. The Morgan fingerprint density at radius 1 is 1.25 bits per heavy atom. The van der Waals surface area contributed by atoms with Crippen LogP contribution in [0.25, 0.3) is 0 Å². The maximum Gasteiger partial charge on any atom is 0.145 e. The molecule has 0 fully saturated rings. The fourth-order valence-corrected chi connectivity index (χ4v) is 2.76. The third-order valence-electron chi connectivity index (χ3n) is 2.81. The molecule has 0 radical (unpaired) electrons. The summed E-state index contributed by atoms with van der Waals surface area (Å²) in [5.74, 6) is 3.75. The van der Waals surface area contributed by atoms with Gasteiger partial charge in [-0.15, -0.1) is 0 Å². The predicted octanol–water partition coefficient (Wildman–Crippen LogP) is 3.74. The van der Waals surface area contributed by atoms with Gasteiger partial charge in [-0.1, -0.05) is 25.1 Å². The first-order valence-electron chi connectivity index (χ1n) is 6.64. The van der Waals surface area contributed by atoms with Gasteiger partial charge in [-0.05, 0) is 29.9 Å². The van der Waals surface area contributed by atoms with Crippen molar-refractivity contribution in [1.82, 2.24) is 4.98 Å². The highest BCUT2D eigenvalue weighted by molar-refractivity contribution is 7.98. The monoisotopic (exact) mass is 289 g/mol. The molecule has 0 bridgehead atoms. The Morgan fingerprint density at radius 2 is 2.10 bits per heavy atom. The molecular formula is C16H19NO2S. The smallest absolute Gasteiger partial charge is 0.145 e. The molecule has 0 amide bonds. The van der Waals surface area contributed by atoms with E-state index in [4.69, 9.17) is 9.84 Å². The first kappa shape index (κ1) is 14.9. The Bertz CT molecular complexity index is 519. The number of pyridine rings is 1. The van der Waals surface area contributed by atoms with Gasteiger partial charge in [0, 0.05) is 24.1 Å². The van der Waals surface area contributed by atoms with Gasteiger partial charge in [-0.25, -0.2) is 0 Å². The normalized spacial score (nSPS) is 12.1. The Morgan fingerprint density at radius 3 is 2.85 bits per heavy atom. The van der Waals surface area contributed by atoms with Crippen LogP contribution in [0.4, 0.5) is 0 Å². The average molecular weight is 289 g/mol. The molecule has 0 spiro atoms. The number of nitrogens with zero attached hydrogens (tertiary/aromatic N) is 1. The van der Waals surface area contributed by atoms with Crippen molar-refractivity contribution in [3.63, 3.8) is 0 Å². The van der Waals surface area contributed by atoms with E-state index >= 15 is 0 Å². The van der Waals surface area contributed by atoms with Crippen LogP contribution in [-0.2, 0) is 5.75 Å². The largest absolute Gasteiger partial charge is 0.455 e. The maximum atomic E-state index is 9.04. The van der Waals surface area contributed by atoms with Crippen LogP contribution in [0.2, 0.25) is 0 Å². The van der Waals surface area contributed by atoms with Gasteiger partial charge in [0.25, 0.3) is 0 Å². The number of hydrogen-bond acceptors (Lipinski definition) is 4. The third-order valence-corrected chi connectivity index (χ3v) is 4.13. The molecule has 0 saturated carbocycles. The molecular weight excluding hydrogens is 270 g/mol. The Kier molecular flexibility index (Phi) is 5.89. The lowest BCUT2D eigenvalue weighted by atomic mass is 10.2. The van der Waals surface area contributed by atoms with Crippen molar-refractivity contribution >= 4 is 11.8 Å². The molecule has 0 aliphatic heterocycles. The summed E-state index contributed by atoms with van der Waals surface area (Å²) in [7, 11) is 0. The standard InChI is InChI=1S/C16H19NO2S/c1-13(10-18)11-20-12-14-5-2-3-7-16(14)19-15-6-4-8-17-9-15/h2-9,13,18H,10-12H2,1H3. The Labute approximate surface area is 124 Å². The number of aliphatic hydroxyl groups excluding tert-OH is 1. The van der Waals surface area contributed by atoms with E-state index in [1.807, 2.05) is 49.0 Å². The molecule has 1 unspecified atom stereocenters. The number of thioether (sulfide) groups is 1. The highest BCUT2D eigenvalue weighted by Crippen LogP contribution is 2.28. The van der Waals surface area contributed by atoms with E-state index in [1.165, 1.54) is 0 Å². The van der Waals surface area contributed by atoms with E-state index in [9.17, 15) is 0 Å². The quantitative estimate of drug-likeness (QED) is 0.843. The van der Waals surface area contributed by atoms with Crippen molar-refractivity contribution in [2.75, 3.05) is 12.4 Å². The van der Waals surface area contributed by atoms with Crippen LogP contribution in [0, 0.1) is 5.92 Å². The number of para-hydroxylation sites is 1. The highest BCUT2D eigenvalue weighted by Gasteiger charge is 2.06. The minimum atomic E-state index is 0.237. The number of benzene rings is 1. The van der Waals surface area contributed by atoms with E-state index in [1.54, 1.807) is 12.4 Å². The fourth-order valence-electron chi connectivity index (χ4n) is 1.68. The summed E-state index contributed by atoms with van der Waals surface area (Å²) in [6.07, 6.45) is 3.43. The zero-order valence-electron chi connectivity index (χ0n) is 11.5. The molecule has 0 aliphatic carbocycles. The van der Waals surface area contributed by atoms with Crippen molar-refractivity contribution in [2.24, 2.45) is 5.92 Å². The first-order valence-corrected chi connectivity index (χ1v) is 7.79. The zero-order valence-corrected chi connectivity index (χ0v) is 12.3. The predicted molar refractivity (Wildman–Crippen MR) is 83.2 cm³/mol. The molecule has 1 heterocycles. The van der Waals surface area contributed by atoms with E-state index in [2.05, 4.69) is 11.1 Å². The van der Waals surface area contributed by atoms with Gasteiger partial charge in [-0.3, -0.25) is 4.98 Å².